The Morgan fingerprint density at radius 2 is 0.580 bits per heavy atom. The Morgan fingerprint density at radius 3 is 0.740 bits per heavy atom. The van der Waals surface area contributed by atoms with E-state index >= 15 is 0 Å². The highest BCUT2D eigenvalue weighted by Crippen LogP contribution is 2.36. The lowest BCUT2D eigenvalue weighted by molar-refractivity contribution is -0.145. The van der Waals surface area contributed by atoms with Gasteiger partial charge in [-0.15, -0.1) is 0 Å². The molecule has 0 unspecified atom stereocenters. The van der Waals surface area contributed by atoms with Gasteiger partial charge in [-0.2, -0.15) is 60.3 Å². The van der Waals surface area contributed by atoms with Gasteiger partial charge in [0.2, 0.25) is 0 Å². The molecule has 4 heterocycles. The molecule has 4 fully saturated rings. The smallest absolute Gasteiger partial charge is 0.451 e. The number of rotatable bonds is 38. The molecule has 0 aromatic carbocycles. The van der Waals surface area contributed by atoms with Gasteiger partial charge in [0.25, 0.3) is 32.2 Å². The van der Waals surface area contributed by atoms with Crippen LogP contribution in [0.3, 0.4) is 0 Å². The minimum absolute atomic E-state index is 0.00103. The van der Waals surface area contributed by atoms with Gasteiger partial charge in [0.15, 0.2) is 0 Å². The van der Waals surface area contributed by atoms with Gasteiger partial charge in [-0.3, -0.25) is 38.4 Å². The van der Waals surface area contributed by atoms with Crippen molar-refractivity contribution in [1.29, 1.82) is 0 Å². The third kappa shape index (κ3) is 26.8. The predicted octanol–water partition coefficient (Wildman–Crippen LogP) is -16.4. The van der Waals surface area contributed by atoms with E-state index in [1.165, 1.54) is 0 Å². The summed E-state index contributed by atoms with van der Waals surface area (Å²) in [6.07, 6.45) is 1.59. The van der Waals surface area contributed by atoms with Crippen LogP contribution in [0.25, 0.3) is 0 Å². The Balaban J connectivity index is 0.000000667. The van der Waals surface area contributed by atoms with Crippen molar-refractivity contribution < 1.29 is 143 Å². The summed E-state index contributed by atoms with van der Waals surface area (Å²) in [6, 6.07) is -5.54. The van der Waals surface area contributed by atoms with Crippen molar-refractivity contribution in [2.75, 3.05) is 78.5 Å². The second-order valence-electron chi connectivity index (χ2n) is 24.1. The van der Waals surface area contributed by atoms with E-state index in [4.69, 9.17) is 108 Å². The van der Waals surface area contributed by atoms with E-state index in [-0.39, 0.29) is 116 Å². The van der Waals surface area contributed by atoms with E-state index in [0.717, 1.165) is 17.2 Å². The number of carbonyl (C=O) groups is 8. The van der Waals surface area contributed by atoms with Gasteiger partial charge in [0.1, 0.15) is 34.2 Å². The number of carbonyl (C=O) groups excluding carboxylic acids is 2. The lowest BCUT2D eigenvalue weighted by Crippen LogP contribution is -2.56. The summed E-state index contributed by atoms with van der Waals surface area (Å²) in [5.41, 5.74) is 47.6. The summed E-state index contributed by atoms with van der Waals surface area (Å²) >= 11 is 0. The van der Waals surface area contributed by atoms with Crippen molar-refractivity contribution >= 4 is 117 Å². The Labute approximate surface area is 576 Å². The first-order valence-electron chi connectivity index (χ1n) is 30.2. The maximum Gasteiger partial charge on any atom is 0.451 e. The highest BCUT2D eigenvalue weighted by molar-refractivity contribution is 7.88. The number of nitrogens with zero attached hydrogens (tertiary/aromatic N) is 4. The molecule has 0 bridgehead atoms. The largest absolute Gasteiger partial charge is 0.480 e. The van der Waals surface area contributed by atoms with Crippen LogP contribution in [-0.2, 0) is 79.2 Å². The Kier molecular flexibility index (Phi) is 36.8. The van der Waals surface area contributed by atoms with Gasteiger partial charge >= 0.3 is 84.7 Å². The van der Waals surface area contributed by atoms with Crippen LogP contribution in [0, 0.1) is 23.7 Å². The van der Waals surface area contributed by atoms with E-state index in [0.29, 0.717) is 0 Å². The molecule has 576 valence electrons. The summed E-state index contributed by atoms with van der Waals surface area (Å²) in [6.45, 7) is -4.57. The van der Waals surface area contributed by atoms with Gasteiger partial charge in [-0.1, -0.05) is 25.7 Å². The van der Waals surface area contributed by atoms with Crippen molar-refractivity contribution in [3.8, 4) is 0 Å². The molecule has 38 N–H and O–H groups in total. The van der Waals surface area contributed by atoms with E-state index in [2.05, 4.69) is 0 Å². The van der Waals surface area contributed by atoms with Crippen LogP contribution in [0.5, 0.6) is 0 Å². The molecule has 0 saturated carbocycles. The van der Waals surface area contributed by atoms with Crippen LogP contribution in [-0.4, -0.2) is 323 Å². The number of nitrogens with one attached hydrogen (secondary N) is 4. The zero-order chi connectivity index (χ0) is 77.7. The minimum Gasteiger partial charge on any atom is -0.480 e. The van der Waals surface area contributed by atoms with E-state index in [1.54, 1.807) is 9.44 Å². The molecule has 4 rings (SSSR count). The molecule has 0 aromatic rings. The van der Waals surface area contributed by atoms with Gasteiger partial charge in [0, 0.05) is 102 Å². The fourth-order valence-electron chi connectivity index (χ4n) is 10.5. The summed E-state index contributed by atoms with van der Waals surface area (Å²) in [5.74, 6) is -13.6. The van der Waals surface area contributed by atoms with Crippen molar-refractivity contribution in [2.45, 2.75) is 123 Å². The molecule has 48 nitrogen and oxygen atoms in total. The van der Waals surface area contributed by atoms with Crippen LogP contribution in [0.1, 0.15) is 51.4 Å². The van der Waals surface area contributed by atoms with Crippen molar-refractivity contribution in [2.24, 2.45) is 81.0 Å². The van der Waals surface area contributed by atoms with Crippen molar-refractivity contribution in [3.63, 3.8) is 0 Å². The molecule has 4 aliphatic heterocycles. The fourth-order valence-corrected chi connectivity index (χ4v) is 16.0. The molecule has 4 aliphatic rings. The highest BCUT2D eigenvalue weighted by Gasteiger charge is 2.56. The molecule has 2 amide bonds. The lowest BCUT2D eigenvalue weighted by atomic mass is 9.78. The van der Waals surface area contributed by atoms with Gasteiger partial charge in [0.05, 0.1) is 12.1 Å². The maximum absolute atomic E-state index is 12.3. The number of aliphatic carboxylic acids is 6. The predicted molar refractivity (Wildman–Crippen MR) is 349 cm³/mol. The quantitative estimate of drug-likeness (QED) is 0.0255. The normalized spacial score (nSPS) is 25.6. The first kappa shape index (κ1) is 92.9. The zero-order valence-electron chi connectivity index (χ0n) is 53.9. The molecule has 0 aromatic heterocycles. The van der Waals surface area contributed by atoms with Crippen molar-refractivity contribution in [1.82, 2.24) is 36.1 Å². The summed E-state index contributed by atoms with van der Waals surface area (Å²) in [5, 5.41) is 126. The maximum atomic E-state index is 12.3. The molecule has 100 heavy (non-hydrogen) atoms. The van der Waals surface area contributed by atoms with E-state index in [1.807, 2.05) is 9.44 Å². The first-order chi connectivity index (χ1) is 45.7. The van der Waals surface area contributed by atoms with Crippen LogP contribution < -0.4 is 76.2 Å². The lowest BCUT2D eigenvalue weighted by Gasteiger charge is -2.25. The van der Waals surface area contributed by atoms with Crippen LogP contribution >= 0.6 is 0 Å². The van der Waals surface area contributed by atoms with Gasteiger partial charge in [-0.05, 0) is 51.0 Å². The van der Waals surface area contributed by atoms with E-state index < -0.39 is 226 Å². The molecule has 0 aliphatic carbocycles. The topological polar surface area (TPSA) is 878 Å². The number of carboxylic acids is 6. The number of hydrogen-bond acceptors (Lipinski definition) is 34. The van der Waals surface area contributed by atoms with Crippen LogP contribution in [0.4, 0.5) is 0 Å². The van der Waals surface area contributed by atoms with Crippen LogP contribution in [0.2, 0.25) is 25.3 Å². The third-order valence-electron chi connectivity index (χ3n) is 16.7. The summed E-state index contributed by atoms with van der Waals surface area (Å²) in [7, 11) is -23.5. The second-order valence-corrected chi connectivity index (χ2v) is 30.9. The number of amides is 2. The molecule has 4 saturated heterocycles. The molecule has 56 heteroatoms. The van der Waals surface area contributed by atoms with Crippen LogP contribution in [0.15, 0.2) is 0 Å². The number of carboxylic acid groups (broad SMARTS) is 6. The molecule has 0 radical (unpaired) electrons. The molecule has 12 atom stereocenters. The Hall–Kier alpha value is -5.14. The molecular formula is C44H94B4N18O30S4. The highest BCUT2D eigenvalue weighted by atomic mass is 32.2. The monoisotopic (exact) mass is 1530 g/mol. The average molecular weight is 1530 g/mol. The SMILES string of the molecule is NC[C@@H](N)C(=O)NS(=O)(=O)N1C[C@H](CCCB(O)O)[C@](N)(C(=O)O)C1.NC[C@@H](NS(=O)(=O)N1C[C@H](CCCB(O)O)[C@](N)(C(=O)O)C1)C(=O)O.NC[C@H](N)C(=O)NS(=O)(=O)N1C[C@H](CCCB(O)O)[C@](N)(C(=O)O)C1.NC[C@H](NS(=O)(=O)N1C[C@H](CCCB(O)O)[C@](N)(C(=O)O)C1)C(=O)O. The number of hydrogen-bond donors (Lipinski definition) is 28. The first-order valence-corrected chi connectivity index (χ1v) is 36.0. The summed E-state index contributed by atoms with van der Waals surface area (Å²) < 4.78 is 109. The Morgan fingerprint density at radius 1 is 0.380 bits per heavy atom. The molecule has 0 spiro atoms. The Bertz CT molecular complexity index is 3040. The third-order valence-corrected chi connectivity index (χ3v) is 22.6. The minimum atomic E-state index is -4.34. The van der Waals surface area contributed by atoms with Gasteiger partial charge < -0.3 is 128 Å². The summed E-state index contributed by atoms with van der Waals surface area (Å²) in [4.78, 5) is 91.2. The van der Waals surface area contributed by atoms with Crippen molar-refractivity contribution in [3.05, 3.63) is 0 Å². The average Bonchev–Trinajstić information content (AvgIpc) is 1.65. The number of nitrogens with two attached hydrogens (primary N) is 10. The standard InChI is InChI=1S/2C11H24BN5O7S.2C11H23BN4O8S/c2*13-4-8(14)9(18)16-25(23,24)17-5-7(2-1-3-12(21)22)11(15,6-17)10(19)20;2*13-4-8(9(17)18)15-25(23,24)16-5-7(2-1-3-12(21)22)11(14,6-16)10(19)20/h2*7-8,21-22H,1-6,13-15H2,(H,16,18)(H,19,20);2*7-8,15,21-22H,1-6,13-14H2,(H,17,18)(H,19,20)/t7-,8+,11-;7-,8-,11-;7-,8+,11-;7-,8-,11-/m0000/s1. The molecular weight excluding hydrogens is 1430 g/mol. The zero-order valence-corrected chi connectivity index (χ0v) is 57.2. The fraction of sp³-hybridized carbons (Fsp3) is 0.818. The van der Waals surface area contributed by atoms with Gasteiger partial charge in [-0.25, -0.2) is 9.44 Å². The van der Waals surface area contributed by atoms with E-state index in [9.17, 15) is 92.5 Å². The second kappa shape index (κ2) is 39.7.